The lowest BCUT2D eigenvalue weighted by molar-refractivity contribution is -0.0775. The van der Waals surface area contributed by atoms with Crippen LogP contribution in [0.1, 0.15) is 23.2 Å². The van der Waals surface area contributed by atoms with Crippen LogP contribution in [0.15, 0.2) is 24.3 Å². The SMILES string of the molecule is COc1ccc(C(=O)O[C@@H]2CCCO2)cc1. The van der Waals surface area contributed by atoms with Crippen LogP contribution in [0.2, 0.25) is 0 Å². The first-order chi connectivity index (χ1) is 7.79. The van der Waals surface area contributed by atoms with Crippen LogP contribution in [-0.4, -0.2) is 26.0 Å². The van der Waals surface area contributed by atoms with Crippen LogP contribution in [0.4, 0.5) is 0 Å². The van der Waals surface area contributed by atoms with Crippen LogP contribution in [0, 0.1) is 0 Å². The molecule has 16 heavy (non-hydrogen) atoms. The third-order valence-electron chi connectivity index (χ3n) is 2.45. The molecule has 0 bridgehead atoms. The maximum absolute atomic E-state index is 11.7. The fraction of sp³-hybridized carbons (Fsp3) is 0.417. The third kappa shape index (κ3) is 2.52. The molecule has 2 rings (SSSR count). The highest BCUT2D eigenvalue weighted by molar-refractivity contribution is 5.89. The van der Waals surface area contributed by atoms with Gasteiger partial charge in [0.25, 0.3) is 0 Å². The number of hydrogen-bond donors (Lipinski definition) is 0. The molecule has 1 saturated heterocycles. The summed E-state index contributed by atoms with van der Waals surface area (Å²) in [5.74, 6) is 0.364. The van der Waals surface area contributed by atoms with Crippen LogP contribution in [0.5, 0.6) is 5.75 Å². The number of ether oxygens (including phenoxy) is 3. The van der Waals surface area contributed by atoms with Crippen LogP contribution < -0.4 is 4.74 Å². The molecule has 0 radical (unpaired) electrons. The molecule has 4 heteroatoms. The van der Waals surface area contributed by atoms with Crippen molar-refractivity contribution in [1.82, 2.24) is 0 Å². The Morgan fingerprint density at radius 1 is 1.38 bits per heavy atom. The van der Waals surface area contributed by atoms with E-state index in [0.29, 0.717) is 17.9 Å². The standard InChI is InChI=1S/C12H14O4/c1-14-10-6-4-9(5-7-10)12(13)16-11-3-2-8-15-11/h4-7,11H,2-3,8H2,1H3/t11-/m1/s1. The summed E-state index contributed by atoms with van der Waals surface area (Å²) < 4.78 is 15.4. The highest BCUT2D eigenvalue weighted by Crippen LogP contribution is 2.17. The van der Waals surface area contributed by atoms with E-state index >= 15 is 0 Å². The summed E-state index contributed by atoms with van der Waals surface area (Å²) >= 11 is 0. The second-order valence-electron chi connectivity index (χ2n) is 3.58. The third-order valence-corrected chi connectivity index (χ3v) is 2.45. The Morgan fingerprint density at radius 2 is 2.12 bits per heavy atom. The molecule has 0 N–H and O–H groups in total. The Kier molecular flexibility index (Phi) is 3.41. The van der Waals surface area contributed by atoms with E-state index in [1.165, 1.54) is 0 Å². The van der Waals surface area contributed by atoms with Crippen molar-refractivity contribution in [2.75, 3.05) is 13.7 Å². The van der Waals surface area contributed by atoms with E-state index in [4.69, 9.17) is 14.2 Å². The summed E-state index contributed by atoms with van der Waals surface area (Å²) in [5, 5.41) is 0. The zero-order valence-electron chi connectivity index (χ0n) is 9.14. The lowest BCUT2D eigenvalue weighted by Gasteiger charge is -2.10. The molecule has 0 aliphatic carbocycles. The summed E-state index contributed by atoms with van der Waals surface area (Å²) in [6.07, 6.45) is 1.34. The Morgan fingerprint density at radius 3 is 2.69 bits per heavy atom. The van der Waals surface area contributed by atoms with Gasteiger partial charge in [-0.2, -0.15) is 0 Å². The fourth-order valence-corrected chi connectivity index (χ4v) is 1.56. The molecule has 1 aliphatic rings. The molecule has 1 fully saturated rings. The maximum atomic E-state index is 11.7. The number of benzene rings is 1. The van der Waals surface area contributed by atoms with Gasteiger partial charge in [-0.3, -0.25) is 0 Å². The van der Waals surface area contributed by atoms with Crippen molar-refractivity contribution in [3.63, 3.8) is 0 Å². The largest absolute Gasteiger partial charge is 0.497 e. The Labute approximate surface area is 94.1 Å². The minimum atomic E-state index is -0.380. The second-order valence-corrected chi connectivity index (χ2v) is 3.58. The molecule has 1 heterocycles. The van der Waals surface area contributed by atoms with E-state index in [2.05, 4.69) is 0 Å². The highest BCUT2D eigenvalue weighted by atomic mass is 16.7. The number of methoxy groups -OCH3 is 1. The first-order valence-electron chi connectivity index (χ1n) is 5.26. The molecular formula is C12H14O4. The molecule has 86 valence electrons. The molecule has 1 aromatic carbocycles. The summed E-state index contributed by atoms with van der Waals surface area (Å²) in [6, 6.07) is 6.81. The lowest BCUT2D eigenvalue weighted by Crippen LogP contribution is -2.16. The first kappa shape index (κ1) is 11.0. The summed E-state index contributed by atoms with van der Waals surface area (Å²) in [6.45, 7) is 0.667. The van der Waals surface area contributed by atoms with E-state index < -0.39 is 0 Å². The first-order valence-corrected chi connectivity index (χ1v) is 5.26. The van der Waals surface area contributed by atoms with Gasteiger partial charge in [-0.25, -0.2) is 4.79 Å². The van der Waals surface area contributed by atoms with Crippen LogP contribution >= 0.6 is 0 Å². The van der Waals surface area contributed by atoms with Gasteiger partial charge in [0.2, 0.25) is 6.29 Å². The Bertz CT molecular complexity index is 352. The van der Waals surface area contributed by atoms with Crippen LogP contribution in [0.3, 0.4) is 0 Å². The molecule has 0 spiro atoms. The number of rotatable bonds is 3. The van der Waals surface area contributed by atoms with Crippen molar-refractivity contribution < 1.29 is 19.0 Å². The summed E-state index contributed by atoms with van der Waals surface area (Å²) in [4.78, 5) is 11.7. The minimum absolute atomic E-state index is 0.352. The van der Waals surface area contributed by atoms with E-state index in [1.807, 2.05) is 0 Å². The van der Waals surface area contributed by atoms with Gasteiger partial charge in [0.15, 0.2) is 0 Å². The van der Waals surface area contributed by atoms with E-state index in [9.17, 15) is 4.79 Å². The maximum Gasteiger partial charge on any atom is 0.340 e. The zero-order valence-corrected chi connectivity index (χ0v) is 9.14. The molecule has 0 saturated carbocycles. The van der Waals surface area contributed by atoms with Crippen molar-refractivity contribution in [2.45, 2.75) is 19.1 Å². The van der Waals surface area contributed by atoms with Gasteiger partial charge in [0.1, 0.15) is 5.75 Å². The van der Waals surface area contributed by atoms with Gasteiger partial charge in [-0.15, -0.1) is 0 Å². The van der Waals surface area contributed by atoms with E-state index in [-0.39, 0.29) is 12.3 Å². The van der Waals surface area contributed by atoms with Crippen molar-refractivity contribution in [3.8, 4) is 5.75 Å². The number of hydrogen-bond acceptors (Lipinski definition) is 4. The molecule has 4 nitrogen and oxygen atoms in total. The smallest absolute Gasteiger partial charge is 0.340 e. The molecular weight excluding hydrogens is 208 g/mol. The molecule has 0 amide bonds. The van der Waals surface area contributed by atoms with E-state index in [1.54, 1.807) is 31.4 Å². The van der Waals surface area contributed by atoms with Gasteiger partial charge in [-0.1, -0.05) is 0 Å². The van der Waals surface area contributed by atoms with Gasteiger partial charge in [-0.05, 0) is 30.7 Å². The normalized spacial score (nSPS) is 19.4. The molecule has 1 aromatic rings. The van der Waals surface area contributed by atoms with Gasteiger partial charge >= 0.3 is 5.97 Å². The number of carbonyl (C=O) groups is 1. The van der Waals surface area contributed by atoms with Crippen molar-refractivity contribution in [2.24, 2.45) is 0 Å². The fourth-order valence-electron chi connectivity index (χ4n) is 1.56. The van der Waals surface area contributed by atoms with Gasteiger partial charge in [0.05, 0.1) is 19.3 Å². The van der Waals surface area contributed by atoms with Crippen molar-refractivity contribution in [1.29, 1.82) is 0 Å². The van der Waals surface area contributed by atoms with Crippen LogP contribution in [-0.2, 0) is 9.47 Å². The molecule has 1 aliphatic heterocycles. The van der Waals surface area contributed by atoms with Gasteiger partial charge < -0.3 is 14.2 Å². The monoisotopic (exact) mass is 222 g/mol. The highest BCUT2D eigenvalue weighted by Gasteiger charge is 2.20. The Balaban J connectivity index is 1.97. The predicted octanol–water partition coefficient (Wildman–Crippen LogP) is 1.99. The van der Waals surface area contributed by atoms with E-state index in [0.717, 1.165) is 12.8 Å². The minimum Gasteiger partial charge on any atom is -0.497 e. The summed E-state index contributed by atoms with van der Waals surface area (Å²) in [7, 11) is 1.58. The Hall–Kier alpha value is -1.55. The zero-order chi connectivity index (χ0) is 11.4. The quantitative estimate of drug-likeness (QED) is 0.734. The average molecular weight is 222 g/mol. The topological polar surface area (TPSA) is 44.8 Å². The summed E-state index contributed by atoms with van der Waals surface area (Å²) in [5.41, 5.74) is 0.510. The van der Waals surface area contributed by atoms with Gasteiger partial charge in [0, 0.05) is 6.42 Å². The number of carbonyl (C=O) groups excluding carboxylic acids is 1. The average Bonchev–Trinajstić information content (AvgIpc) is 2.82. The number of esters is 1. The van der Waals surface area contributed by atoms with Crippen LogP contribution in [0.25, 0.3) is 0 Å². The van der Waals surface area contributed by atoms with Crippen molar-refractivity contribution >= 4 is 5.97 Å². The molecule has 0 unspecified atom stereocenters. The lowest BCUT2D eigenvalue weighted by atomic mass is 10.2. The second kappa shape index (κ2) is 4.99. The molecule has 0 aromatic heterocycles. The van der Waals surface area contributed by atoms with Crippen molar-refractivity contribution in [3.05, 3.63) is 29.8 Å². The predicted molar refractivity (Wildman–Crippen MR) is 57.4 cm³/mol. The molecule has 1 atom stereocenters.